The molecule has 0 saturated carbocycles. The van der Waals surface area contributed by atoms with E-state index in [1.165, 1.54) is 0 Å². The number of nitrogens with two attached hydrogens (primary N) is 1. The highest BCUT2D eigenvalue weighted by molar-refractivity contribution is 7.80. The summed E-state index contributed by atoms with van der Waals surface area (Å²) in [4.78, 5) is 12.0. The summed E-state index contributed by atoms with van der Waals surface area (Å²) in [7, 11) is 0. The third-order valence-electron chi connectivity index (χ3n) is 2.80. The van der Waals surface area contributed by atoms with E-state index in [0.29, 0.717) is 24.0 Å². The minimum absolute atomic E-state index is 0.0110. The van der Waals surface area contributed by atoms with Crippen molar-refractivity contribution in [2.45, 2.75) is 12.5 Å². The number of carbonyl (C=O) groups excluding carboxylic acids is 1. The lowest BCUT2D eigenvalue weighted by Crippen LogP contribution is -2.38. The Morgan fingerprint density at radius 1 is 1.47 bits per heavy atom. The molecule has 0 aliphatic carbocycles. The van der Waals surface area contributed by atoms with Crippen LogP contribution in [0.4, 0.5) is 0 Å². The molecule has 1 aromatic carbocycles. The van der Waals surface area contributed by atoms with Gasteiger partial charge in [0.15, 0.2) is 6.61 Å². The van der Waals surface area contributed by atoms with Crippen LogP contribution in [0.5, 0.6) is 5.75 Å². The molecule has 6 heteroatoms. The number of hydrogen-bond donors (Lipinski definition) is 2. The highest BCUT2D eigenvalue weighted by Gasteiger charge is 2.17. The Labute approximate surface area is 117 Å². The van der Waals surface area contributed by atoms with Crippen LogP contribution in [0.2, 0.25) is 0 Å². The normalized spacial score (nSPS) is 18.0. The summed E-state index contributed by atoms with van der Waals surface area (Å²) in [6.45, 7) is 1.27. The van der Waals surface area contributed by atoms with E-state index in [0.717, 1.165) is 12.0 Å². The van der Waals surface area contributed by atoms with Gasteiger partial charge in [-0.3, -0.25) is 4.79 Å². The number of benzene rings is 1. The van der Waals surface area contributed by atoms with E-state index in [1.54, 1.807) is 24.3 Å². The number of ether oxygens (including phenoxy) is 2. The first-order valence-electron chi connectivity index (χ1n) is 6.05. The van der Waals surface area contributed by atoms with Crippen molar-refractivity contribution in [2.24, 2.45) is 5.73 Å². The molecular weight excluding hydrogens is 264 g/mol. The molecule has 0 bridgehead atoms. The molecule has 3 N–H and O–H groups in total. The largest absolute Gasteiger partial charge is 0.484 e. The number of nitrogens with one attached hydrogen (secondary N) is 1. The van der Waals surface area contributed by atoms with Gasteiger partial charge in [0.25, 0.3) is 5.91 Å². The van der Waals surface area contributed by atoms with E-state index in [2.05, 4.69) is 5.32 Å². The van der Waals surface area contributed by atoms with Crippen LogP contribution >= 0.6 is 12.2 Å². The number of amides is 1. The van der Waals surface area contributed by atoms with Crippen molar-refractivity contribution in [2.75, 3.05) is 19.8 Å². The zero-order valence-corrected chi connectivity index (χ0v) is 11.2. The molecule has 2 rings (SSSR count). The average Bonchev–Trinajstić information content (AvgIpc) is 2.89. The summed E-state index contributed by atoms with van der Waals surface area (Å²) in [6, 6.07) is 7.11. The standard InChI is InChI=1S/C13H16N2O3S/c14-13(19)9-1-3-11(4-2-9)18-8-12(16)15-10-5-6-17-7-10/h1-4,10H,5-8H2,(H2,14,19)(H,15,16). The Morgan fingerprint density at radius 2 is 2.21 bits per heavy atom. The summed E-state index contributed by atoms with van der Waals surface area (Å²) in [6.07, 6.45) is 0.856. The maximum absolute atomic E-state index is 11.6. The maximum Gasteiger partial charge on any atom is 0.258 e. The van der Waals surface area contributed by atoms with Gasteiger partial charge in [-0.15, -0.1) is 0 Å². The second kappa shape index (κ2) is 6.49. The number of thiocarbonyl (C=S) groups is 1. The van der Waals surface area contributed by atoms with Crippen molar-refractivity contribution < 1.29 is 14.3 Å². The van der Waals surface area contributed by atoms with Crippen LogP contribution in [0.25, 0.3) is 0 Å². The van der Waals surface area contributed by atoms with E-state index in [4.69, 9.17) is 27.4 Å². The number of carbonyl (C=O) groups is 1. The molecule has 1 atom stereocenters. The summed E-state index contributed by atoms with van der Waals surface area (Å²) in [5, 5.41) is 2.85. The first-order chi connectivity index (χ1) is 9.15. The second-order valence-electron chi connectivity index (χ2n) is 4.31. The molecule has 1 aliphatic heterocycles. The first-order valence-corrected chi connectivity index (χ1v) is 6.46. The Balaban J connectivity index is 1.77. The van der Waals surface area contributed by atoms with E-state index in [-0.39, 0.29) is 18.6 Å². The van der Waals surface area contributed by atoms with Crippen molar-refractivity contribution in [3.8, 4) is 5.75 Å². The molecule has 1 aromatic rings. The molecular formula is C13H16N2O3S. The third kappa shape index (κ3) is 4.18. The molecule has 0 spiro atoms. The van der Waals surface area contributed by atoms with Crippen LogP contribution in [-0.2, 0) is 9.53 Å². The summed E-state index contributed by atoms with van der Waals surface area (Å²) < 4.78 is 10.6. The molecule has 19 heavy (non-hydrogen) atoms. The highest BCUT2D eigenvalue weighted by Crippen LogP contribution is 2.12. The van der Waals surface area contributed by atoms with E-state index >= 15 is 0 Å². The van der Waals surface area contributed by atoms with Crippen molar-refractivity contribution in [3.05, 3.63) is 29.8 Å². The molecule has 102 valence electrons. The molecule has 1 amide bonds. The fraction of sp³-hybridized carbons (Fsp3) is 0.385. The van der Waals surface area contributed by atoms with Gasteiger partial charge in [0.2, 0.25) is 0 Å². The molecule has 5 nitrogen and oxygen atoms in total. The fourth-order valence-electron chi connectivity index (χ4n) is 1.78. The monoisotopic (exact) mass is 280 g/mol. The third-order valence-corrected chi connectivity index (χ3v) is 3.04. The van der Waals surface area contributed by atoms with Gasteiger partial charge in [-0.25, -0.2) is 0 Å². The summed E-state index contributed by atoms with van der Waals surface area (Å²) in [5.74, 6) is 0.465. The molecule has 0 radical (unpaired) electrons. The summed E-state index contributed by atoms with van der Waals surface area (Å²) in [5.41, 5.74) is 6.27. The van der Waals surface area contributed by atoms with Crippen molar-refractivity contribution in [1.29, 1.82) is 0 Å². The van der Waals surface area contributed by atoms with Crippen LogP contribution in [0.1, 0.15) is 12.0 Å². The molecule has 1 aliphatic rings. The predicted molar refractivity (Wildman–Crippen MR) is 75.2 cm³/mol. The van der Waals surface area contributed by atoms with Crippen LogP contribution < -0.4 is 15.8 Å². The van der Waals surface area contributed by atoms with Crippen LogP contribution in [0.15, 0.2) is 24.3 Å². The average molecular weight is 280 g/mol. The molecule has 1 saturated heterocycles. The molecule has 1 heterocycles. The minimum atomic E-state index is -0.145. The molecule has 1 fully saturated rings. The zero-order chi connectivity index (χ0) is 13.7. The van der Waals surface area contributed by atoms with Gasteiger partial charge in [-0.1, -0.05) is 12.2 Å². The van der Waals surface area contributed by atoms with Gasteiger partial charge in [-0.05, 0) is 30.7 Å². The van der Waals surface area contributed by atoms with Crippen molar-refractivity contribution >= 4 is 23.1 Å². The Bertz CT molecular complexity index is 455. The van der Waals surface area contributed by atoms with E-state index in [9.17, 15) is 4.79 Å². The lowest BCUT2D eigenvalue weighted by molar-refractivity contribution is -0.123. The van der Waals surface area contributed by atoms with E-state index in [1.807, 2.05) is 0 Å². The van der Waals surface area contributed by atoms with Gasteiger partial charge in [0.05, 0.1) is 12.6 Å². The second-order valence-corrected chi connectivity index (χ2v) is 4.75. The zero-order valence-electron chi connectivity index (χ0n) is 10.4. The van der Waals surface area contributed by atoms with Gasteiger partial charge in [-0.2, -0.15) is 0 Å². The quantitative estimate of drug-likeness (QED) is 0.773. The van der Waals surface area contributed by atoms with Crippen LogP contribution in [-0.4, -0.2) is 36.8 Å². The lowest BCUT2D eigenvalue weighted by Gasteiger charge is -2.11. The fourth-order valence-corrected chi connectivity index (χ4v) is 1.92. The number of rotatable bonds is 5. The van der Waals surface area contributed by atoms with Crippen molar-refractivity contribution in [1.82, 2.24) is 5.32 Å². The van der Waals surface area contributed by atoms with Gasteiger partial charge in [0, 0.05) is 12.2 Å². The predicted octanol–water partition coefficient (Wildman–Crippen LogP) is 0.605. The van der Waals surface area contributed by atoms with Crippen molar-refractivity contribution in [3.63, 3.8) is 0 Å². The lowest BCUT2D eigenvalue weighted by atomic mass is 10.2. The number of hydrogen-bond acceptors (Lipinski definition) is 4. The van der Waals surface area contributed by atoms with Gasteiger partial charge in [0.1, 0.15) is 10.7 Å². The first kappa shape index (κ1) is 13.8. The minimum Gasteiger partial charge on any atom is -0.484 e. The maximum atomic E-state index is 11.6. The van der Waals surface area contributed by atoms with Crippen LogP contribution in [0, 0.1) is 0 Å². The van der Waals surface area contributed by atoms with Gasteiger partial charge >= 0.3 is 0 Å². The highest BCUT2D eigenvalue weighted by atomic mass is 32.1. The van der Waals surface area contributed by atoms with E-state index < -0.39 is 0 Å². The SMILES string of the molecule is NC(=S)c1ccc(OCC(=O)NC2CCOC2)cc1. The topological polar surface area (TPSA) is 73.6 Å². The Morgan fingerprint density at radius 3 is 2.79 bits per heavy atom. The van der Waals surface area contributed by atoms with Crippen LogP contribution in [0.3, 0.4) is 0 Å². The summed E-state index contributed by atoms with van der Waals surface area (Å²) >= 11 is 4.85. The molecule has 1 unspecified atom stereocenters. The van der Waals surface area contributed by atoms with Gasteiger partial charge < -0.3 is 20.5 Å². The Kier molecular flexibility index (Phi) is 4.70. The molecule has 0 aromatic heterocycles. The smallest absolute Gasteiger partial charge is 0.258 e. The Hall–Kier alpha value is -1.66.